The maximum atomic E-state index is 10.4. The fourth-order valence-corrected chi connectivity index (χ4v) is 1.59. The zero-order valence-corrected chi connectivity index (χ0v) is 8.08. The average Bonchev–Trinajstić information content (AvgIpc) is 2.58. The molecule has 0 saturated heterocycles. The zero-order valence-electron chi connectivity index (χ0n) is 7.27. The first-order chi connectivity index (χ1) is 6.77. The zero-order chi connectivity index (χ0) is 9.97. The van der Waals surface area contributed by atoms with Crippen molar-refractivity contribution in [3.05, 3.63) is 36.1 Å². The number of nitrogens with one attached hydrogen (secondary N) is 1. The van der Waals surface area contributed by atoms with Crippen LogP contribution in [0.15, 0.2) is 34.9 Å². The first-order valence-electron chi connectivity index (χ1n) is 4.07. The molecule has 0 aliphatic carbocycles. The average molecular weight is 211 g/mol. The lowest BCUT2D eigenvalue weighted by Crippen LogP contribution is -2.14. The monoisotopic (exact) mass is 211 g/mol. The van der Waals surface area contributed by atoms with Crippen LogP contribution in [0.3, 0.4) is 0 Å². The van der Waals surface area contributed by atoms with E-state index in [1.54, 1.807) is 6.26 Å². The highest BCUT2D eigenvalue weighted by molar-refractivity contribution is 7.77. The normalized spacial score (nSPS) is 13.2. The molecule has 0 fully saturated rings. The SMILES string of the molecule is O=S(O)NCc1coc2ccccc12. The number of hydrogen-bond acceptors (Lipinski definition) is 2. The maximum absolute atomic E-state index is 10.4. The minimum atomic E-state index is -1.98. The van der Waals surface area contributed by atoms with Crippen molar-refractivity contribution in [3.63, 3.8) is 0 Å². The van der Waals surface area contributed by atoms with Crippen LogP contribution in [0.4, 0.5) is 0 Å². The van der Waals surface area contributed by atoms with E-state index in [0.29, 0.717) is 6.54 Å². The third-order valence-electron chi connectivity index (χ3n) is 1.95. The molecule has 14 heavy (non-hydrogen) atoms. The Labute approximate surface area is 83.3 Å². The molecule has 0 spiro atoms. The molecule has 1 aromatic carbocycles. The van der Waals surface area contributed by atoms with E-state index in [0.717, 1.165) is 16.5 Å². The predicted molar refractivity (Wildman–Crippen MR) is 53.8 cm³/mol. The Bertz CT molecular complexity index is 466. The van der Waals surface area contributed by atoms with Crippen molar-refractivity contribution in [1.82, 2.24) is 4.72 Å². The van der Waals surface area contributed by atoms with Crippen LogP contribution >= 0.6 is 0 Å². The molecule has 1 unspecified atom stereocenters. The van der Waals surface area contributed by atoms with Crippen LogP contribution in [0.25, 0.3) is 11.0 Å². The van der Waals surface area contributed by atoms with Gasteiger partial charge in [0.05, 0.1) is 6.26 Å². The van der Waals surface area contributed by atoms with Gasteiger partial charge in [-0.05, 0) is 6.07 Å². The lowest BCUT2D eigenvalue weighted by atomic mass is 10.2. The fraction of sp³-hybridized carbons (Fsp3) is 0.111. The molecule has 2 N–H and O–H groups in total. The summed E-state index contributed by atoms with van der Waals surface area (Å²) in [5.74, 6) is 0. The van der Waals surface area contributed by atoms with Gasteiger partial charge >= 0.3 is 0 Å². The highest BCUT2D eigenvalue weighted by atomic mass is 32.2. The van der Waals surface area contributed by atoms with Gasteiger partial charge < -0.3 is 4.42 Å². The van der Waals surface area contributed by atoms with Crippen LogP contribution in [0.5, 0.6) is 0 Å². The van der Waals surface area contributed by atoms with Gasteiger partial charge in [0.2, 0.25) is 11.3 Å². The Hall–Kier alpha value is -1.17. The topological polar surface area (TPSA) is 62.5 Å². The van der Waals surface area contributed by atoms with Gasteiger partial charge in [-0.1, -0.05) is 18.2 Å². The van der Waals surface area contributed by atoms with Gasteiger partial charge in [-0.2, -0.15) is 0 Å². The number of benzene rings is 1. The van der Waals surface area contributed by atoms with E-state index in [-0.39, 0.29) is 0 Å². The van der Waals surface area contributed by atoms with Crippen molar-refractivity contribution in [1.29, 1.82) is 0 Å². The van der Waals surface area contributed by atoms with Crippen LogP contribution < -0.4 is 4.72 Å². The molecule has 2 aromatic rings. The molecule has 0 radical (unpaired) electrons. The van der Waals surface area contributed by atoms with Gasteiger partial charge in [-0.3, -0.25) is 4.55 Å². The summed E-state index contributed by atoms with van der Waals surface area (Å²) < 4.78 is 26.6. The van der Waals surface area contributed by atoms with E-state index < -0.39 is 11.3 Å². The Kier molecular flexibility index (Phi) is 2.62. The van der Waals surface area contributed by atoms with Crippen LogP contribution in [0.2, 0.25) is 0 Å². The Morgan fingerprint density at radius 1 is 1.43 bits per heavy atom. The Balaban J connectivity index is 2.29. The summed E-state index contributed by atoms with van der Waals surface area (Å²) in [6.45, 7) is 0.320. The van der Waals surface area contributed by atoms with E-state index in [1.807, 2.05) is 24.3 Å². The maximum Gasteiger partial charge on any atom is 0.232 e. The van der Waals surface area contributed by atoms with E-state index in [2.05, 4.69) is 4.72 Å². The van der Waals surface area contributed by atoms with E-state index in [9.17, 15) is 4.21 Å². The lowest BCUT2D eigenvalue weighted by molar-refractivity contribution is 0.548. The van der Waals surface area contributed by atoms with Crippen molar-refractivity contribution < 1.29 is 13.2 Å². The second-order valence-electron chi connectivity index (χ2n) is 2.83. The number of furan rings is 1. The quantitative estimate of drug-likeness (QED) is 0.759. The summed E-state index contributed by atoms with van der Waals surface area (Å²) in [7, 11) is 0. The molecule has 2 rings (SSSR count). The smallest absolute Gasteiger partial charge is 0.232 e. The largest absolute Gasteiger partial charge is 0.464 e. The molecule has 1 aromatic heterocycles. The molecule has 0 aliphatic rings. The number of hydrogen-bond donors (Lipinski definition) is 2. The Morgan fingerprint density at radius 2 is 2.21 bits per heavy atom. The molecule has 1 atom stereocenters. The second-order valence-corrected chi connectivity index (χ2v) is 3.61. The van der Waals surface area contributed by atoms with Crippen molar-refractivity contribution in [2.75, 3.05) is 0 Å². The molecule has 74 valence electrons. The number of fused-ring (bicyclic) bond motifs is 1. The molecular formula is C9H9NO3S. The number of rotatable bonds is 3. The molecule has 0 aliphatic heterocycles. The summed E-state index contributed by atoms with van der Waals surface area (Å²) >= 11 is -1.98. The summed E-state index contributed by atoms with van der Waals surface area (Å²) in [5, 5.41) is 0.963. The van der Waals surface area contributed by atoms with Crippen LogP contribution in [-0.4, -0.2) is 8.76 Å². The van der Waals surface area contributed by atoms with Gasteiger partial charge in [-0.25, -0.2) is 8.93 Å². The van der Waals surface area contributed by atoms with Crippen LogP contribution in [0.1, 0.15) is 5.56 Å². The fourth-order valence-electron chi connectivity index (χ4n) is 1.31. The van der Waals surface area contributed by atoms with Gasteiger partial charge in [0.15, 0.2) is 0 Å². The van der Waals surface area contributed by atoms with Crippen molar-refractivity contribution in [2.24, 2.45) is 0 Å². The number of para-hydroxylation sites is 1. The molecule has 1 heterocycles. The van der Waals surface area contributed by atoms with Gasteiger partial charge in [-0.15, -0.1) is 0 Å². The molecule has 0 saturated carbocycles. The summed E-state index contributed by atoms with van der Waals surface area (Å²) in [5.41, 5.74) is 1.66. The van der Waals surface area contributed by atoms with Crippen molar-refractivity contribution in [3.8, 4) is 0 Å². The van der Waals surface area contributed by atoms with Gasteiger partial charge in [0.25, 0.3) is 0 Å². The Morgan fingerprint density at radius 3 is 3.00 bits per heavy atom. The molecule has 0 amide bonds. The van der Waals surface area contributed by atoms with E-state index in [1.165, 1.54) is 0 Å². The molecule has 4 nitrogen and oxygen atoms in total. The summed E-state index contributed by atoms with van der Waals surface area (Å²) in [4.78, 5) is 0. The van der Waals surface area contributed by atoms with Crippen LogP contribution in [0, 0.1) is 0 Å². The van der Waals surface area contributed by atoms with Gasteiger partial charge in [0, 0.05) is 17.5 Å². The highest BCUT2D eigenvalue weighted by Crippen LogP contribution is 2.20. The molecule has 5 heteroatoms. The second kappa shape index (κ2) is 3.91. The first kappa shape index (κ1) is 9.39. The standard InChI is InChI=1S/C9H9NO3S/c11-14(12)10-5-7-6-13-9-4-2-1-3-8(7)9/h1-4,6,10H,5H2,(H,11,12). The van der Waals surface area contributed by atoms with Crippen LogP contribution in [-0.2, 0) is 17.8 Å². The van der Waals surface area contributed by atoms with Crippen molar-refractivity contribution in [2.45, 2.75) is 6.54 Å². The minimum absolute atomic E-state index is 0.320. The molecule has 0 bridgehead atoms. The van der Waals surface area contributed by atoms with E-state index in [4.69, 9.17) is 8.97 Å². The van der Waals surface area contributed by atoms with Gasteiger partial charge in [0.1, 0.15) is 5.58 Å². The predicted octanol–water partition coefficient (Wildman–Crippen LogP) is 1.66. The lowest BCUT2D eigenvalue weighted by Gasteiger charge is -1.96. The molecular weight excluding hydrogens is 202 g/mol. The third-order valence-corrected chi connectivity index (χ3v) is 2.34. The van der Waals surface area contributed by atoms with Crippen molar-refractivity contribution >= 4 is 22.2 Å². The summed E-state index contributed by atoms with van der Waals surface area (Å²) in [6.07, 6.45) is 1.59. The summed E-state index contributed by atoms with van der Waals surface area (Å²) in [6, 6.07) is 7.55. The first-order valence-corrected chi connectivity index (χ1v) is 5.17. The highest BCUT2D eigenvalue weighted by Gasteiger charge is 2.04. The third kappa shape index (κ3) is 1.84. The van der Waals surface area contributed by atoms with E-state index >= 15 is 0 Å². The minimum Gasteiger partial charge on any atom is -0.464 e.